The Morgan fingerprint density at radius 3 is 2.43 bits per heavy atom. The number of carbonyl (C=O) groups is 1. The largest absolute Gasteiger partial charge is 0.417 e. The summed E-state index contributed by atoms with van der Waals surface area (Å²) in [5.41, 5.74) is -0.224. The van der Waals surface area contributed by atoms with Crippen molar-refractivity contribution in [2.45, 2.75) is 6.18 Å². The highest BCUT2D eigenvalue weighted by atomic mass is 19.4. The van der Waals surface area contributed by atoms with Gasteiger partial charge in [-0.15, -0.1) is 10.2 Å². The lowest BCUT2D eigenvalue weighted by molar-refractivity contribution is -0.137. The quantitative estimate of drug-likeness (QED) is 0.629. The summed E-state index contributed by atoms with van der Waals surface area (Å²) in [6.45, 7) is 1.42. The summed E-state index contributed by atoms with van der Waals surface area (Å²) in [4.78, 5) is 15.8. The second-order valence-corrected chi connectivity index (χ2v) is 6.43. The standard InChI is InChI=1S/C18H15F4N5O/c19-14-3-1-2-12(10-14)16(28)25-6-8-26(9-7-25)17-24-23-15-5-4-13(11-27(15)17)18(20,21)22/h1-5,10-11H,6-9H2. The highest BCUT2D eigenvalue weighted by Gasteiger charge is 2.32. The molecule has 0 unspecified atom stereocenters. The van der Waals surface area contributed by atoms with Gasteiger partial charge in [-0.25, -0.2) is 4.39 Å². The van der Waals surface area contributed by atoms with Gasteiger partial charge in [-0.05, 0) is 30.3 Å². The number of piperazine rings is 1. The van der Waals surface area contributed by atoms with E-state index in [2.05, 4.69) is 10.2 Å². The highest BCUT2D eigenvalue weighted by Crippen LogP contribution is 2.30. The molecule has 1 saturated heterocycles. The number of nitrogens with zero attached hydrogens (tertiary/aromatic N) is 5. The van der Waals surface area contributed by atoms with Crippen molar-refractivity contribution >= 4 is 17.5 Å². The maximum Gasteiger partial charge on any atom is 0.417 e. The number of hydrogen-bond donors (Lipinski definition) is 0. The molecule has 28 heavy (non-hydrogen) atoms. The Hall–Kier alpha value is -3.17. The summed E-state index contributed by atoms with van der Waals surface area (Å²) in [6, 6.07) is 7.69. The minimum atomic E-state index is -4.47. The highest BCUT2D eigenvalue weighted by molar-refractivity contribution is 5.94. The number of carbonyl (C=O) groups excluding carboxylic acids is 1. The van der Waals surface area contributed by atoms with E-state index in [1.807, 2.05) is 0 Å². The van der Waals surface area contributed by atoms with Gasteiger partial charge in [0.15, 0.2) is 5.65 Å². The molecule has 0 spiro atoms. The zero-order valence-electron chi connectivity index (χ0n) is 14.5. The second-order valence-electron chi connectivity index (χ2n) is 6.43. The zero-order chi connectivity index (χ0) is 19.9. The predicted octanol–water partition coefficient (Wildman–Crippen LogP) is 2.85. The van der Waals surface area contributed by atoms with E-state index in [4.69, 9.17) is 0 Å². The molecule has 2 aromatic heterocycles. The van der Waals surface area contributed by atoms with Crippen molar-refractivity contribution in [1.82, 2.24) is 19.5 Å². The monoisotopic (exact) mass is 393 g/mol. The number of alkyl halides is 3. The van der Waals surface area contributed by atoms with Crippen LogP contribution in [0.1, 0.15) is 15.9 Å². The molecule has 1 aliphatic heterocycles. The van der Waals surface area contributed by atoms with E-state index >= 15 is 0 Å². The number of pyridine rings is 1. The topological polar surface area (TPSA) is 53.7 Å². The molecule has 0 radical (unpaired) electrons. The number of benzene rings is 1. The SMILES string of the molecule is O=C(c1cccc(F)c1)N1CCN(c2nnc3ccc(C(F)(F)F)cn23)CC1. The van der Waals surface area contributed by atoms with Gasteiger partial charge in [-0.3, -0.25) is 9.20 Å². The molecule has 10 heteroatoms. The predicted molar refractivity (Wildman–Crippen MR) is 92.5 cm³/mol. The van der Waals surface area contributed by atoms with Crippen LogP contribution in [0.3, 0.4) is 0 Å². The van der Waals surface area contributed by atoms with E-state index in [1.54, 1.807) is 15.9 Å². The minimum absolute atomic E-state index is 0.260. The van der Waals surface area contributed by atoms with Crippen molar-refractivity contribution in [3.8, 4) is 0 Å². The molecule has 6 nitrogen and oxygen atoms in total. The van der Waals surface area contributed by atoms with Crippen LogP contribution in [0.25, 0.3) is 5.65 Å². The van der Waals surface area contributed by atoms with E-state index < -0.39 is 17.6 Å². The van der Waals surface area contributed by atoms with Crippen LogP contribution in [-0.4, -0.2) is 51.6 Å². The summed E-state index contributed by atoms with van der Waals surface area (Å²) in [5, 5.41) is 7.91. The summed E-state index contributed by atoms with van der Waals surface area (Å²) < 4.78 is 53.6. The molecule has 0 N–H and O–H groups in total. The van der Waals surface area contributed by atoms with Gasteiger partial charge in [0, 0.05) is 37.9 Å². The summed E-state index contributed by atoms with van der Waals surface area (Å²) in [6.07, 6.45) is -3.50. The van der Waals surface area contributed by atoms with Gasteiger partial charge >= 0.3 is 6.18 Å². The van der Waals surface area contributed by atoms with Crippen LogP contribution in [0.15, 0.2) is 42.6 Å². The normalized spacial score (nSPS) is 15.3. The molecule has 4 rings (SSSR count). The summed E-state index contributed by atoms with van der Waals surface area (Å²) in [7, 11) is 0. The van der Waals surface area contributed by atoms with Gasteiger partial charge in [0.25, 0.3) is 5.91 Å². The molecule has 1 fully saturated rings. The number of hydrogen-bond acceptors (Lipinski definition) is 4. The number of halogens is 4. The van der Waals surface area contributed by atoms with Crippen LogP contribution in [-0.2, 0) is 6.18 Å². The fourth-order valence-electron chi connectivity index (χ4n) is 3.18. The van der Waals surface area contributed by atoms with Crippen molar-refractivity contribution in [3.05, 3.63) is 59.5 Å². The first-order valence-electron chi connectivity index (χ1n) is 8.55. The Morgan fingerprint density at radius 1 is 1.00 bits per heavy atom. The fraction of sp³-hybridized carbons (Fsp3) is 0.278. The van der Waals surface area contributed by atoms with E-state index in [0.717, 1.165) is 12.3 Å². The lowest BCUT2D eigenvalue weighted by Crippen LogP contribution is -2.49. The maximum atomic E-state index is 13.3. The smallest absolute Gasteiger partial charge is 0.337 e. The molecular formula is C18H15F4N5O. The first kappa shape index (κ1) is 18.2. The first-order valence-corrected chi connectivity index (χ1v) is 8.55. The average molecular weight is 393 g/mol. The minimum Gasteiger partial charge on any atom is -0.337 e. The van der Waals surface area contributed by atoms with Gasteiger partial charge < -0.3 is 9.80 Å². The Morgan fingerprint density at radius 2 is 1.75 bits per heavy atom. The van der Waals surface area contributed by atoms with Crippen molar-refractivity contribution < 1.29 is 22.4 Å². The van der Waals surface area contributed by atoms with E-state index in [-0.39, 0.29) is 11.5 Å². The second kappa shape index (κ2) is 6.77. The number of anilines is 1. The van der Waals surface area contributed by atoms with E-state index in [9.17, 15) is 22.4 Å². The lowest BCUT2D eigenvalue weighted by atomic mass is 10.2. The molecule has 146 valence electrons. The number of rotatable bonds is 2. The Labute approximate surface area is 157 Å². The molecule has 0 atom stereocenters. The van der Waals surface area contributed by atoms with Crippen LogP contribution in [0.5, 0.6) is 0 Å². The molecule has 1 aromatic carbocycles. The van der Waals surface area contributed by atoms with E-state index in [0.29, 0.717) is 37.8 Å². The Kier molecular flexibility index (Phi) is 4.40. The van der Waals surface area contributed by atoms with Crippen molar-refractivity contribution in [2.75, 3.05) is 31.1 Å². The third-order valence-corrected chi connectivity index (χ3v) is 4.63. The van der Waals surface area contributed by atoms with Gasteiger partial charge in [0.05, 0.1) is 5.56 Å². The third kappa shape index (κ3) is 3.37. The van der Waals surface area contributed by atoms with Crippen LogP contribution in [0.4, 0.5) is 23.5 Å². The maximum absolute atomic E-state index is 13.3. The van der Waals surface area contributed by atoms with Gasteiger partial charge in [-0.2, -0.15) is 13.2 Å². The van der Waals surface area contributed by atoms with E-state index in [1.165, 1.54) is 28.7 Å². The summed E-state index contributed by atoms with van der Waals surface area (Å²) >= 11 is 0. The molecule has 3 aromatic rings. The molecule has 0 bridgehead atoms. The fourth-order valence-corrected chi connectivity index (χ4v) is 3.18. The van der Waals surface area contributed by atoms with Gasteiger partial charge in [0.2, 0.25) is 5.95 Å². The van der Waals surface area contributed by atoms with Crippen LogP contribution in [0, 0.1) is 5.82 Å². The lowest BCUT2D eigenvalue weighted by Gasteiger charge is -2.34. The number of amides is 1. The number of fused-ring (bicyclic) bond motifs is 1. The Bertz CT molecular complexity index is 1020. The third-order valence-electron chi connectivity index (χ3n) is 4.63. The van der Waals surface area contributed by atoms with Gasteiger partial charge in [-0.1, -0.05) is 6.07 Å². The van der Waals surface area contributed by atoms with Crippen LogP contribution < -0.4 is 4.90 Å². The zero-order valence-corrected chi connectivity index (χ0v) is 14.5. The molecule has 1 aliphatic rings. The molecule has 1 amide bonds. The number of aromatic nitrogens is 3. The first-order chi connectivity index (χ1) is 13.3. The van der Waals surface area contributed by atoms with Crippen molar-refractivity contribution in [3.63, 3.8) is 0 Å². The average Bonchev–Trinajstić information content (AvgIpc) is 3.10. The van der Waals surface area contributed by atoms with Crippen LogP contribution in [0.2, 0.25) is 0 Å². The molecular weight excluding hydrogens is 378 g/mol. The summed E-state index contributed by atoms with van der Waals surface area (Å²) in [5.74, 6) is -0.483. The van der Waals surface area contributed by atoms with Crippen molar-refractivity contribution in [2.24, 2.45) is 0 Å². The van der Waals surface area contributed by atoms with Crippen molar-refractivity contribution in [1.29, 1.82) is 0 Å². The molecule has 0 saturated carbocycles. The van der Waals surface area contributed by atoms with Crippen LogP contribution >= 0.6 is 0 Å². The van der Waals surface area contributed by atoms with Gasteiger partial charge in [0.1, 0.15) is 5.82 Å². The molecule has 0 aliphatic carbocycles. The Balaban J connectivity index is 1.51. The molecule has 3 heterocycles.